The van der Waals surface area contributed by atoms with Crippen molar-refractivity contribution in [2.75, 3.05) is 14.2 Å². The smallest absolute Gasteiger partial charge is 0.145 e. The number of ether oxygens (including phenoxy) is 2. The fraction of sp³-hybridized carbons (Fsp3) is 0.214. The maximum Gasteiger partial charge on any atom is 0.145 e. The van der Waals surface area contributed by atoms with Crippen LogP contribution >= 0.6 is 11.6 Å². The van der Waals surface area contributed by atoms with Crippen LogP contribution in [0.25, 0.3) is 11.3 Å². The predicted molar refractivity (Wildman–Crippen MR) is 72.5 cm³/mol. The van der Waals surface area contributed by atoms with Crippen LogP contribution in [0, 0.1) is 6.92 Å². The first-order chi connectivity index (χ1) is 8.65. The van der Waals surface area contributed by atoms with Crippen molar-refractivity contribution in [3.63, 3.8) is 0 Å². The zero-order valence-corrected chi connectivity index (χ0v) is 11.3. The van der Waals surface area contributed by atoms with Crippen LogP contribution in [0.3, 0.4) is 0 Å². The van der Waals surface area contributed by atoms with Gasteiger partial charge in [0.2, 0.25) is 0 Å². The Morgan fingerprint density at radius 1 is 1.00 bits per heavy atom. The third kappa shape index (κ3) is 2.41. The van der Waals surface area contributed by atoms with Gasteiger partial charge >= 0.3 is 0 Å². The summed E-state index contributed by atoms with van der Waals surface area (Å²) in [6.45, 7) is 1.93. The molecule has 4 heteroatoms. The quantitative estimate of drug-likeness (QED) is 0.846. The Kier molecular flexibility index (Phi) is 3.72. The highest BCUT2D eigenvalue weighted by Gasteiger charge is 2.13. The van der Waals surface area contributed by atoms with Crippen LogP contribution in [0.5, 0.6) is 11.5 Å². The highest BCUT2D eigenvalue weighted by molar-refractivity contribution is 6.31. The number of pyridine rings is 1. The normalized spacial score (nSPS) is 10.2. The zero-order valence-electron chi connectivity index (χ0n) is 10.5. The first-order valence-corrected chi connectivity index (χ1v) is 5.89. The second-order valence-corrected chi connectivity index (χ2v) is 4.28. The molecule has 94 valence electrons. The largest absolute Gasteiger partial charge is 0.496 e. The maximum atomic E-state index is 6.03. The van der Waals surface area contributed by atoms with Gasteiger partial charge in [-0.2, -0.15) is 0 Å². The fourth-order valence-electron chi connectivity index (χ4n) is 1.77. The van der Waals surface area contributed by atoms with Crippen molar-refractivity contribution in [2.24, 2.45) is 0 Å². The van der Waals surface area contributed by atoms with E-state index < -0.39 is 0 Å². The number of rotatable bonds is 3. The molecule has 0 radical (unpaired) electrons. The SMILES string of the molecule is COc1ccc(Cl)cc1-c1nc(C)ccc1OC. The number of benzene rings is 1. The van der Waals surface area contributed by atoms with Gasteiger partial charge in [0.05, 0.1) is 14.2 Å². The predicted octanol–water partition coefficient (Wildman–Crippen LogP) is 3.73. The minimum Gasteiger partial charge on any atom is -0.496 e. The van der Waals surface area contributed by atoms with Crippen molar-refractivity contribution < 1.29 is 9.47 Å². The molecular weight excluding hydrogens is 250 g/mol. The number of hydrogen-bond acceptors (Lipinski definition) is 3. The van der Waals surface area contributed by atoms with Crippen molar-refractivity contribution in [3.8, 4) is 22.8 Å². The third-order valence-corrected chi connectivity index (χ3v) is 2.87. The molecule has 0 N–H and O–H groups in total. The molecule has 0 saturated heterocycles. The summed E-state index contributed by atoms with van der Waals surface area (Å²) >= 11 is 6.03. The monoisotopic (exact) mass is 263 g/mol. The van der Waals surface area contributed by atoms with Gasteiger partial charge in [0.15, 0.2) is 0 Å². The Morgan fingerprint density at radius 3 is 2.33 bits per heavy atom. The maximum absolute atomic E-state index is 6.03. The summed E-state index contributed by atoms with van der Waals surface area (Å²) in [5.74, 6) is 1.41. The van der Waals surface area contributed by atoms with Crippen LogP contribution in [0.2, 0.25) is 5.02 Å². The van der Waals surface area contributed by atoms with E-state index >= 15 is 0 Å². The molecule has 0 saturated carbocycles. The number of nitrogens with zero attached hydrogens (tertiary/aromatic N) is 1. The lowest BCUT2D eigenvalue weighted by Crippen LogP contribution is -1.95. The molecule has 0 bridgehead atoms. The first kappa shape index (κ1) is 12.7. The summed E-state index contributed by atoms with van der Waals surface area (Å²) in [7, 11) is 3.24. The zero-order chi connectivity index (χ0) is 13.1. The molecule has 0 fully saturated rings. The van der Waals surface area contributed by atoms with Crippen LogP contribution in [0.1, 0.15) is 5.69 Å². The topological polar surface area (TPSA) is 31.4 Å². The average Bonchev–Trinajstić information content (AvgIpc) is 2.38. The van der Waals surface area contributed by atoms with E-state index in [2.05, 4.69) is 4.98 Å². The molecule has 2 rings (SSSR count). The highest BCUT2D eigenvalue weighted by atomic mass is 35.5. The van der Waals surface area contributed by atoms with Crippen molar-refractivity contribution in [2.45, 2.75) is 6.92 Å². The lowest BCUT2D eigenvalue weighted by molar-refractivity contribution is 0.409. The van der Waals surface area contributed by atoms with Gasteiger partial charge < -0.3 is 9.47 Å². The third-order valence-electron chi connectivity index (χ3n) is 2.63. The number of methoxy groups -OCH3 is 2. The van der Waals surface area contributed by atoms with Crippen molar-refractivity contribution in [1.29, 1.82) is 0 Å². The van der Waals surface area contributed by atoms with Gasteiger partial charge in [-0.15, -0.1) is 0 Å². The van der Waals surface area contributed by atoms with Gasteiger partial charge in [-0.1, -0.05) is 11.6 Å². The standard InChI is InChI=1S/C14H14ClNO2/c1-9-4-6-13(18-3)14(16-9)11-8-10(15)5-7-12(11)17-2/h4-8H,1-3H3. The molecule has 0 unspecified atom stereocenters. The van der Waals surface area contributed by atoms with E-state index in [-0.39, 0.29) is 0 Å². The van der Waals surface area contributed by atoms with Crippen molar-refractivity contribution in [3.05, 3.63) is 41.0 Å². The van der Waals surface area contributed by atoms with Gasteiger partial charge in [-0.3, -0.25) is 0 Å². The highest BCUT2D eigenvalue weighted by Crippen LogP contribution is 2.36. The minimum absolute atomic E-state index is 0.635. The average molecular weight is 264 g/mol. The second-order valence-electron chi connectivity index (χ2n) is 3.85. The van der Waals surface area contributed by atoms with E-state index in [4.69, 9.17) is 21.1 Å². The molecular formula is C14H14ClNO2. The van der Waals surface area contributed by atoms with Crippen LogP contribution in [-0.4, -0.2) is 19.2 Å². The molecule has 3 nitrogen and oxygen atoms in total. The minimum atomic E-state index is 0.635. The van der Waals surface area contributed by atoms with E-state index in [1.807, 2.05) is 31.2 Å². The number of aromatic nitrogens is 1. The summed E-state index contributed by atoms with van der Waals surface area (Å²) in [5.41, 5.74) is 2.47. The molecule has 1 aromatic heterocycles. The van der Waals surface area contributed by atoms with Crippen LogP contribution < -0.4 is 9.47 Å². The molecule has 0 atom stereocenters. The van der Waals surface area contributed by atoms with E-state index in [9.17, 15) is 0 Å². The fourth-order valence-corrected chi connectivity index (χ4v) is 1.94. The Hall–Kier alpha value is -1.74. The second kappa shape index (κ2) is 5.27. The Bertz CT molecular complexity index is 518. The van der Waals surface area contributed by atoms with Crippen LogP contribution in [0.4, 0.5) is 0 Å². The van der Waals surface area contributed by atoms with E-state index in [0.29, 0.717) is 10.8 Å². The first-order valence-electron chi connectivity index (χ1n) is 5.51. The molecule has 2 aromatic rings. The molecule has 1 heterocycles. The number of aryl methyl sites for hydroxylation is 1. The van der Waals surface area contributed by atoms with Gasteiger partial charge in [-0.25, -0.2) is 4.98 Å². The molecule has 0 amide bonds. The van der Waals surface area contributed by atoms with Gasteiger partial charge in [0, 0.05) is 16.3 Å². The summed E-state index contributed by atoms with van der Waals surface area (Å²) in [4.78, 5) is 4.50. The van der Waals surface area contributed by atoms with Crippen molar-refractivity contribution in [1.82, 2.24) is 4.98 Å². The molecule has 18 heavy (non-hydrogen) atoms. The Morgan fingerprint density at radius 2 is 1.67 bits per heavy atom. The van der Waals surface area contributed by atoms with E-state index in [1.54, 1.807) is 20.3 Å². The lowest BCUT2D eigenvalue weighted by atomic mass is 10.1. The van der Waals surface area contributed by atoms with E-state index in [1.165, 1.54) is 0 Å². The van der Waals surface area contributed by atoms with Gasteiger partial charge in [-0.05, 0) is 37.3 Å². The van der Waals surface area contributed by atoms with E-state index in [0.717, 1.165) is 22.7 Å². The molecule has 0 aliphatic carbocycles. The summed E-state index contributed by atoms with van der Waals surface area (Å²) in [5, 5.41) is 0.635. The van der Waals surface area contributed by atoms with Gasteiger partial charge in [0.1, 0.15) is 17.2 Å². The molecule has 0 spiro atoms. The van der Waals surface area contributed by atoms with Gasteiger partial charge in [0.25, 0.3) is 0 Å². The van der Waals surface area contributed by atoms with Crippen molar-refractivity contribution >= 4 is 11.6 Å². The summed E-state index contributed by atoms with van der Waals surface area (Å²) in [6.07, 6.45) is 0. The number of hydrogen-bond donors (Lipinski definition) is 0. The molecule has 0 aliphatic rings. The molecule has 0 aliphatic heterocycles. The Balaban J connectivity index is 2.67. The van der Waals surface area contributed by atoms with Crippen LogP contribution in [0.15, 0.2) is 30.3 Å². The molecule has 1 aromatic carbocycles. The Labute approximate surface area is 111 Å². The van der Waals surface area contributed by atoms with Crippen LogP contribution in [-0.2, 0) is 0 Å². The summed E-state index contributed by atoms with van der Waals surface area (Å²) in [6, 6.07) is 9.22. The summed E-state index contributed by atoms with van der Waals surface area (Å²) < 4.78 is 10.7. The lowest BCUT2D eigenvalue weighted by Gasteiger charge is -2.12. The number of halogens is 1.